The summed E-state index contributed by atoms with van der Waals surface area (Å²) >= 11 is 7.77. The summed E-state index contributed by atoms with van der Waals surface area (Å²) in [6.07, 6.45) is 3.32. The summed E-state index contributed by atoms with van der Waals surface area (Å²) in [7, 11) is 0. The zero-order chi connectivity index (χ0) is 21.1. The second-order valence-electron chi connectivity index (χ2n) is 7.19. The third-order valence-electron chi connectivity index (χ3n) is 4.81. The lowest BCUT2D eigenvalue weighted by Gasteiger charge is -2.18. The molecule has 150 valence electrons. The number of thiazole rings is 1. The van der Waals surface area contributed by atoms with Crippen molar-refractivity contribution in [3.05, 3.63) is 100 Å². The molecule has 3 aromatic carbocycles. The molecule has 0 aliphatic rings. The van der Waals surface area contributed by atoms with E-state index >= 15 is 0 Å². The van der Waals surface area contributed by atoms with E-state index in [2.05, 4.69) is 26.0 Å². The third kappa shape index (κ3) is 4.45. The van der Waals surface area contributed by atoms with E-state index in [0.29, 0.717) is 16.7 Å². The molecule has 1 amide bonds. The van der Waals surface area contributed by atoms with Crippen LogP contribution in [0.25, 0.3) is 16.3 Å². The molecular formula is C25H21ClN2OS. The molecule has 0 unspecified atom stereocenters. The highest BCUT2D eigenvalue weighted by molar-refractivity contribution is 7.22. The summed E-state index contributed by atoms with van der Waals surface area (Å²) in [5.74, 6) is -0.132. The number of carbonyl (C=O) groups excluding carboxylic acids is 1. The van der Waals surface area contributed by atoms with Crippen molar-refractivity contribution in [2.24, 2.45) is 0 Å². The molecule has 4 rings (SSSR count). The fourth-order valence-corrected chi connectivity index (χ4v) is 4.69. The van der Waals surface area contributed by atoms with Gasteiger partial charge < -0.3 is 0 Å². The first-order valence-corrected chi connectivity index (χ1v) is 10.9. The molecule has 0 saturated heterocycles. The Morgan fingerprint density at radius 3 is 2.57 bits per heavy atom. The molecule has 3 nitrogen and oxygen atoms in total. The Labute approximate surface area is 185 Å². The van der Waals surface area contributed by atoms with Crippen LogP contribution in [0.15, 0.2) is 72.8 Å². The van der Waals surface area contributed by atoms with Crippen molar-refractivity contribution >= 4 is 50.3 Å². The quantitative estimate of drug-likeness (QED) is 0.324. The molecule has 0 bridgehead atoms. The Morgan fingerprint density at radius 1 is 1.07 bits per heavy atom. The van der Waals surface area contributed by atoms with Gasteiger partial charge >= 0.3 is 0 Å². The van der Waals surface area contributed by atoms with Crippen LogP contribution < -0.4 is 4.90 Å². The molecule has 0 spiro atoms. The number of aryl methyl sites for hydroxylation is 2. The Bertz CT molecular complexity index is 1230. The number of fused-ring (bicyclic) bond motifs is 1. The molecule has 0 N–H and O–H groups in total. The molecule has 0 atom stereocenters. The molecule has 0 aliphatic heterocycles. The first-order valence-electron chi connectivity index (χ1n) is 9.67. The van der Waals surface area contributed by atoms with Gasteiger partial charge in [0.2, 0.25) is 0 Å². The van der Waals surface area contributed by atoms with Crippen LogP contribution in [0.2, 0.25) is 5.02 Å². The second-order valence-corrected chi connectivity index (χ2v) is 8.61. The van der Waals surface area contributed by atoms with Gasteiger partial charge in [0.25, 0.3) is 5.91 Å². The Kier molecular flexibility index (Phi) is 5.98. The number of anilines is 1. The van der Waals surface area contributed by atoms with Gasteiger partial charge in [0, 0.05) is 11.1 Å². The van der Waals surface area contributed by atoms with E-state index in [1.54, 1.807) is 28.4 Å². The van der Waals surface area contributed by atoms with Gasteiger partial charge in [-0.2, -0.15) is 0 Å². The number of hydrogen-bond donors (Lipinski definition) is 0. The van der Waals surface area contributed by atoms with E-state index in [1.807, 2.05) is 54.6 Å². The molecule has 1 heterocycles. The molecule has 1 aromatic heterocycles. The largest absolute Gasteiger partial charge is 0.280 e. The van der Waals surface area contributed by atoms with Crippen LogP contribution in [0.4, 0.5) is 5.13 Å². The lowest BCUT2D eigenvalue weighted by molar-refractivity contribution is -0.114. The summed E-state index contributed by atoms with van der Waals surface area (Å²) in [5.41, 5.74) is 5.11. The smallest absolute Gasteiger partial charge is 0.253 e. The maximum absolute atomic E-state index is 13.2. The molecule has 0 saturated carbocycles. The maximum atomic E-state index is 13.2. The molecule has 0 aliphatic carbocycles. The number of aromatic nitrogens is 1. The first kappa shape index (κ1) is 20.3. The van der Waals surface area contributed by atoms with E-state index in [9.17, 15) is 4.79 Å². The van der Waals surface area contributed by atoms with Gasteiger partial charge in [0.05, 0.1) is 16.8 Å². The average Bonchev–Trinajstić information content (AvgIpc) is 3.16. The Hall–Kier alpha value is -2.95. The number of carbonyl (C=O) groups is 1. The van der Waals surface area contributed by atoms with Gasteiger partial charge in [-0.25, -0.2) is 4.98 Å². The van der Waals surface area contributed by atoms with Gasteiger partial charge in [-0.3, -0.25) is 9.69 Å². The summed E-state index contributed by atoms with van der Waals surface area (Å²) < 4.78 is 1.09. The molecule has 30 heavy (non-hydrogen) atoms. The molecule has 4 aromatic rings. The Balaban J connectivity index is 1.72. The number of amides is 1. The molecule has 0 fully saturated rings. The van der Waals surface area contributed by atoms with Crippen molar-refractivity contribution in [2.45, 2.75) is 20.4 Å². The highest BCUT2D eigenvalue weighted by atomic mass is 35.5. The monoisotopic (exact) mass is 432 g/mol. The predicted octanol–water partition coefficient (Wildman–Crippen LogP) is 6.81. The number of halogens is 1. The highest BCUT2D eigenvalue weighted by Gasteiger charge is 2.19. The van der Waals surface area contributed by atoms with Crippen molar-refractivity contribution in [3.8, 4) is 0 Å². The second kappa shape index (κ2) is 8.82. The number of rotatable bonds is 5. The van der Waals surface area contributed by atoms with Crippen molar-refractivity contribution in [1.82, 2.24) is 4.98 Å². The minimum absolute atomic E-state index is 0.132. The number of hydrogen-bond acceptors (Lipinski definition) is 3. The topological polar surface area (TPSA) is 33.2 Å². The van der Waals surface area contributed by atoms with E-state index in [4.69, 9.17) is 16.6 Å². The van der Waals surface area contributed by atoms with Crippen LogP contribution in [-0.4, -0.2) is 10.9 Å². The van der Waals surface area contributed by atoms with Crippen molar-refractivity contribution in [2.75, 3.05) is 4.90 Å². The van der Waals surface area contributed by atoms with Crippen LogP contribution in [0.1, 0.15) is 22.3 Å². The average molecular weight is 433 g/mol. The van der Waals surface area contributed by atoms with Gasteiger partial charge in [-0.05, 0) is 54.3 Å². The summed E-state index contributed by atoms with van der Waals surface area (Å²) in [6.45, 7) is 4.58. The maximum Gasteiger partial charge on any atom is 0.253 e. The van der Waals surface area contributed by atoms with E-state index < -0.39 is 0 Å². The van der Waals surface area contributed by atoms with Crippen molar-refractivity contribution < 1.29 is 4.79 Å². The van der Waals surface area contributed by atoms with Crippen LogP contribution in [-0.2, 0) is 11.3 Å². The van der Waals surface area contributed by atoms with E-state index in [-0.39, 0.29) is 5.91 Å². The number of nitrogens with zero attached hydrogens (tertiary/aromatic N) is 2. The Morgan fingerprint density at radius 2 is 1.80 bits per heavy atom. The lowest BCUT2D eigenvalue weighted by atomic mass is 10.1. The highest BCUT2D eigenvalue weighted by Crippen LogP contribution is 2.32. The van der Waals surface area contributed by atoms with Crippen LogP contribution in [0, 0.1) is 13.8 Å². The van der Waals surface area contributed by atoms with Gasteiger partial charge in [0.15, 0.2) is 5.13 Å². The number of benzene rings is 3. The minimum atomic E-state index is -0.132. The van der Waals surface area contributed by atoms with Crippen LogP contribution >= 0.6 is 22.9 Å². The summed E-state index contributed by atoms with van der Waals surface area (Å²) in [5, 5.41) is 1.30. The minimum Gasteiger partial charge on any atom is -0.280 e. The fraction of sp³-hybridized carbons (Fsp3) is 0.120. The van der Waals surface area contributed by atoms with Crippen molar-refractivity contribution in [1.29, 1.82) is 0 Å². The fourth-order valence-electron chi connectivity index (χ4n) is 3.34. The predicted molar refractivity (Wildman–Crippen MR) is 127 cm³/mol. The van der Waals surface area contributed by atoms with Gasteiger partial charge in [-0.15, -0.1) is 0 Å². The van der Waals surface area contributed by atoms with Gasteiger partial charge in [0.1, 0.15) is 0 Å². The molecule has 5 heteroatoms. The zero-order valence-electron chi connectivity index (χ0n) is 16.8. The third-order valence-corrected chi connectivity index (χ3v) is 6.18. The van der Waals surface area contributed by atoms with Gasteiger partial charge in [-0.1, -0.05) is 77.5 Å². The normalized spacial score (nSPS) is 11.3. The molecular weight excluding hydrogens is 412 g/mol. The summed E-state index contributed by atoms with van der Waals surface area (Å²) in [6, 6.07) is 21.7. The summed E-state index contributed by atoms with van der Waals surface area (Å²) in [4.78, 5) is 19.8. The lowest BCUT2D eigenvalue weighted by Crippen LogP contribution is -2.28. The van der Waals surface area contributed by atoms with E-state index in [0.717, 1.165) is 26.9 Å². The SMILES string of the molecule is Cc1cc(C)c2nc(N(Cc3ccccc3)C(=O)/C=C/c3ccccc3Cl)sc2c1. The van der Waals surface area contributed by atoms with Crippen molar-refractivity contribution in [3.63, 3.8) is 0 Å². The zero-order valence-corrected chi connectivity index (χ0v) is 18.4. The standard InChI is InChI=1S/C25H21ClN2OS/c1-17-14-18(2)24-22(15-17)30-25(27-24)28(16-19-8-4-3-5-9-19)23(29)13-12-20-10-6-7-11-21(20)26/h3-15H,16H2,1-2H3/b13-12+. The first-order chi connectivity index (χ1) is 14.5. The van der Waals surface area contributed by atoms with E-state index in [1.165, 1.54) is 5.56 Å². The van der Waals surface area contributed by atoms with Crippen LogP contribution in [0.5, 0.6) is 0 Å². The molecule has 0 radical (unpaired) electrons. The van der Waals surface area contributed by atoms with Crippen LogP contribution in [0.3, 0.4) is 0 Å².